The number of halogens is 2. The van der Waals surface area contributed by atoms with Gasteiger partial charge in [-0.25, -0.2) is 0 Å². The van der Waals surface area contributed by atoms with E-state index in [9.17, 15) is 4.79 Å². The van der Waals surface area contributed by atoms with Gasteiger partial charge in [0.2, 0.25) is 5.91 Å². The standard InChI is InChI=1S/C14H12BrClN2O2/c15-10-4-11(17)6-12(5-10)20-7-9-2-1-8(14(18)19)3-13(9)16/h1-6H,7,17H2,(H2,18,19). The van der Waals surface area contributed by atoms with Crippen molar-refractivity contribution in [1.82, 2.24) is 0 Å². The van der Waals surface area contributed by atoms with Crippen LogP contribution in [-0.2, 0) is 6.61 Å². The van der Waals surface area contributed by atoms with Gasteiger partial charge in [-0.1, -0.05) is 33.6 Å². The number of amides is 1. The molecule has 0 atom stereocenters. The number of nitrogens with two attached hydrogens (primary N) is 2. The average molecular weight is 356 g/mol. The SMILES string of the molecule is NC(=O)c1ccc(COc2cc(N)cc(Br)c2)c(Cl)c1. The van der Waals surface area contributed by atoms with Gasteiger partial charge in [-0.2, -0.15) is 0 Å². The first-order chi connectivity index (χ1) is 9.45. The highest BCUT2D eigenvalue weighted by atomic mass is 79.9. The van der Waals surface area contributed by atoms with Crippen LogP contribution < -0.4 is 16.2 Å². The van der Waals surface area contributed by atoms with Crippen molar-refractivity contribution in [3.63, 3.8) is 0 Å². The van der Waals surface area contributed by atoms with Crippen molar-refractivity contribution < 1.29 is 9.53 Å². The van der Waals surface area contributed by atoms with Crippen molar-refractivity contribution in [3.05, 3.63) is 57.0 Å². The number of hydrogen-bond donors (Lipinski definition) is 2. The van der Waals surface area contributed by atoms with Gasteiger partial charge in [0.15, 0.2) is 0 Å². The Morgan fingerprint density at radius 3 is 2.60 bits per heavy atom. The molecule has 0 heterocycles. The average Bonchev–Trinajstić information content (AvgIpc) is 2.36. The van der Waals surface area contributed by atoms with Crippen molar-refractivity contribution in [3.8, 4) is 5.75 Å². The Hall–Kier alpha value is -1.72. The maximum atomic E-state index is 11.0. The lowest BCUT2D eigenvalue weighted by atomic mass is 10.1. The molecular weight excluding hydrogens is 344 g/mol. The summed E-state index contributed by atoms with van der Waals surface area (Å²) in [6, 6.07) is 10.2. The number of primary amides is 1. The maximum Gasteiger partial charge on any atom is 0.248 e. The van der Waals surface area contributed by atoms with Crippen molar-refractivity contribution in [2.24, 2.45) is 5.73 Å². The van der Waals surface area contributed by atoms with Crippen LogP contribution in [0.4, 0.5) is 5.69 Å². The molecule has 2 aromatic carbocycles. The monoisotopic (exact) mass is 354 g/mol. The minimum atomic E-state index is -0.515. The minimum absolute atomic E-state index is 0.272. The van der Waals surface area contributed by atoms with Gasteiger partial charge in [-0.3, -0.25) is 4.79 Å². The van der Waals surface area contributed by atoms with Gasteiger partial charge in [0.1, 0.15) is 12.4 Å². The normalized spacial score (nSPS) is 10.3. The summed E-state index contributed by atoms with van der Waals surface area (Å²) in [6.07, 6.45) is 0. The predicted molar refractivity (Wildman–Crippen MR) is 82.9 cm³/mol. The Morgan fingerprint density at radius 1 is 1.25 bits per heavy atom. The molecule has 0 aliphatic rings. The number of nitrogen functional groups attached to an aromatic ring is 1. The largest absolute Gasteiger partial charge is 0.489 e. The summed E-state index contributed by atoms with van der Waals surface area (Å²) in [7, 11) is 0. The van der Waals surface area contributed by atoms with E-state index in [1.54, 1.807) is 24.3 Å². The van der Waals surface area contributed by atoms with Gasteiger partial charge in [0.05, 0.1) is 0 Å². The molecule has 0 spiro atoms. The van der Waals surface area contributed by atoms with E-state index in [0.717, 1.165) is 10.0 Å². The molecule has 104 valence electrons. The van der Waals surface area contributed by atoms with Crippen LogP contribution in [0.5, 0.6) is 5.75 Å². The van der Waals surface area contributed by atoms with E-state index >= 15 is 0 Å². The van der Waals surface area contributed by atoms with Crippen LogP contribution in [0, 0.1) is 0 Å². The van der Waals surface area contributed by atoms with Gasteiger partial charge < -0.3 is 16.2 Å². The molecule has 0 fully saturated rings. The van der Waals surface area contributed by atoms with Crippen LogP contribution in [0.25, 0.3) is 0 Å². The van der Waals surface area contributed by atoms with E-state index in [2.05, 4.69) is 15.9 Å². The van der Waals surface area contributed by atoms with Crippen molar-refractivity contribution in [2.75, 3.05) is 5.73 Å². The molecule has 6 heteroatoms. The van der Waals surface area contributed by atoms with E-state index in [1.165, 1.54) is 6.07 Å². The molecule has 0 aliphatic heterocycles. The zero-order chi connectivity index (χ0) is 14.7. The van der Waals surface area contributed by atoms with Crippen LogP contribution in [-0.4, -0.2) is 5.91 Å². The highest BCUT2D eigenvalue weighted by Crippen LogP contribution is 2.25. The third-order valence-corrected chi connectivity index (χ3v) is 3.44. The molecule has 20 heavy (non-hydrogen) atoms. The van der Waals surface area contributed by atoms with Gasteiger partial charge in [-0.15, -0.1) is 0 Å². The van der Waals surface area contributed by atoms with Crippen LogP contribution in [0.2, 0.25) is 5.02 Å². The lowest BCUT2D eigenvalue weighted by molar-refractivity contribution is 0.1000. The third kappa shape index (κ3) is 3.65. The van der Waals surface area contributed by atoms with E-state index in [1.807, 2.05) is 6.07 Å². The van der Waals surface area contributed by atoms with Gasteiger partial charge in [0.25, 0.3) is 0 Å². The number of benzene rings is 2. The molecule has 0 saturated heterocycles. The Balaban J connectivity index is 2.12. The molecule has 1 amide bonds. The lowest BCUT2D eigenvalue weighted by Gasteiger charge is -2.09. The molecular formula is C14H12BrClN2O2. The van der Waals surface area contributed by atoms with Gasteiger partial charge >= 0.3 is 0 Å². The summed E-state index contributed by atoms with van der Waals surface area (Å²) in [5.41, 5.74) is 12.6. The van der Waals surface area contributed by atoms with E-state index < -0.39 is 5.91 Å². The van der Waals surface area contributed by atoms with Crippen LogP contribution >= 0.6 is 27.5 Å². The number of rotatable bonds is 4. The van der Waals surface area contributed by atoms with E-state index in [-0.39, 0.29) is 6.61 Å². The molecule has 2 aromatic rings. The second kappa shape index (κ2) is 6.15. The molecule has 0 saturated carbocycles. The highest BCUT2D eigenvalue weighted by Gasteiger charge is 2.07. The Kier molecular flexibility index (Phi) is 4.52. The van der Waals surface area contributed by atoms with Gasteiger partial charge in [0, 0.05) is 32.4 Å². The summed E-state index contributed by atoms with van der Waals surface area (Å²) < 4.78 is 6.46. The van der Waals surface area contributed by atoms with Crippen LogP contribution in [0.3, 0.4) is 0 Å². The fourth-order valence-corrected chi connectivity index (χ4v) is 2.37. The molecule has 0 bridgehead atoms. The summed E-state index contributed by atoms with van der Waals surface area (Å²) in [6.45, 7) is 0.272. The number of carbonyl (C=O) groups excluding carboxylic acids is 1. The highest BCUT2D eigenvalue weighted by molar-refractivity contribution is 9.10. The van der Waals surface area contributed by atoms with Crippen molar-refractivity contribution in [1.29, 1.82) is 0 Å². The number of anilines is 1. The number of carbonyl (C=O) groups is 1. The molecule has 4 N–H and O–H groups in total. The lowest BCUT2D eigenvalue weighted by Crippen LogP contribution is -2.11. The minimum Gasteiger partial charge on any atom is -0.489 e. The fourth-order valence-electron chi connectivity index (χ4n) is 1.65. The Morgan fingerprint density at radius 2 is 2.00 bits per heavy atom. The summed E-state index contributed by atoms with van der Waals surface area (Å²) in [5.74, 6) is 0.117. The van der Waals surface area contributed by atoms with E-state index in [0.29, 0.717) is 22.0 Å². The molecule has 0 aromatic heterocycles. The first kappa shape index (κ1) is 14.7. The summed E-state index contributed by atoms with van der Waals surface area (Å²) >= 11 is 9.42. The Labute approximate surface area is 129 Å². The van der Waals surface area contributed by atoms with Crippen LogP contribution in [0.1, 0.15) is 15.9 Å². The molecule has 0 unspecified atom stereocenters. The first-order valence-electron chi connectivity index (χ1n) is 5.73. The fraction of sp³-hybridized carbons (Fsp3) is 0.0714. The molecule has 0 radical (unpaired) electrons. The van der Waals surface area contributed by atoms with Crippen molar-refractivity contribution >= 4 is 39.1 Å². The van der Waals surface area contributed by atoms with E-state index in [4.69, 9.17) is 27.8 Å². The number of hydrogen-bond acceptors (Lipinski definition) is 3. The first-order valence-corrected chi connectivity index (χ1v) is 6.90. The Bertz CT molecular complexity index is 641. The van der Waals surface area contributed by atoms with Gasteiger partial charge in [-0.05, 0) is 24.3 Å². The second-order valence-corrected chi connectivity index (χ2v) is 5.50. The molecule has 2 rings (SSSR count). The molecule has 0 aliphatic carbocycles. The maximum absolute atomic E-state index is 11.0. The molecule has 4 nitrogen and oxygen atoms in total. The summed E-state index contributed by atoms with van der Waals surface area (Å²) in [4.78, 5) is 11.0. The predicted octanol–water partition coefficient (Wildman–Crippen LogP) is 3.36. The zero-order valence-electron chi connectivity index (χ0n) is 10.4. The number of ether oxygens (including phenoxy) is 1. The second-order valence-electron chi connectivity index (χ2n) is 4.18. The summed E-state index contributed by atoms with van der Waals surface area (Å²) in [5, 5.41) is 0.435. The quantitative estimate of drug-likeness (QED) is 0.825. The zero-order valence-corrected chi connectivity index (χ0v) is 12.7. The third-order valence-electron chi connectivity index (χ3n) is 2.63. The topological polar surface area (TPSA) is 78.3 Å². The van der Waals surface area contributed by atoms with Crippen molar-refractivity contribution in [2.45, 2.75) is 6.61 Å². The smallest absolute Gasteiger partial charge is 0.248 e. The van der Waals surface area contributed by atoms with Crippen LogP contribution in [0.15, 0.2) is 40.9 Å².